The zero-order chi connectivity index (χ0) is 29.5. The number of anilines is 1. The number of fused-ring (bicyclic) bond motifs is 1. The fraction of sp³-hybridized carbons (Fsp3) is 0.321. The minimum absolute atomic E-state index is 0.0151. The van der Waals surface area contributed by atoms with Crippen molar-refractivity contribution in [2.45, 2.75) is 49.7 Å². The van der Waals surface area contributed by atoms with Gasteiger partial charge in [-0.1, -0.05) is 65.7 Å². The molecule has 0 aliphatic carbocycles. The second kappa shape index (κ2) is 11.1. The summed E-state index contributed by atoms with van der Waals surface area (Å²) >= 11 is 12.3. The molecule has 0 saturated heterocycles. The van der Waals surface area contributed by atoms with Gasteiger partial charge in [-0.25, -0.2) is 0 Å². The van der Waals surface area contributed by atoms with Gasteiger partial charge in [0.1, 0.15) is 11.9 Å². The molecule has 0 saturated carbocycles. The second-order valence-corrected chi connectivity index (χ2v) is 10.3. The molecule has 3 aromatic rings. The van der Waals surface area contributed by atoms with Gasteiger partial charge in [0.2, 0.25) is 5.91 Å². The Hall–Kier alpha value is -2.95. The summed E-state index contributed by atoms with van der Waals surface area (Å²) in [4.78, 5) is 15.0. The van der Waals surface area contributed by atoms with E-state index in [2.05, 4.69) is 0 Å². The van der Waals surface area contributed by atoms with E-state index in [1.54, 1.807) is 43.3 Å². The maximum Gasteiger partial charge on any atom is 0.430 e. The molecule has 214 valence electrons. The van der Waals surface area contributed by atoms with Gasteiger partial charge in [0, 0.05) is 22.3 Å². The number of halogens is 8. The Kier molecular flexibility index (Phi) is 8.36. The van der Waals surface area contributed by atoms with E-state index in [0.717, 1.165) is 6.07 Å². The average Bonchev–Trinajstić information content (AvgIpc) is 3.07. The van der Waals surface area contributed by atoms with E-state index in [9.17, 15) is 36.2 Å². The molecule has 1 aliphatic heterocycles. The molecule has 2 atom stereocenters. The first-order valence-corrected chi connectivity index (χ1v) is 12.9. The number of hydrogen-bond acceptors (Lipinski definition) is 3. The quantitative estimate of drug-likeness (QED) is 0.301. The van der Waals surface area contributed by atoms with Crippen LogP contribution in [0.15, 0.2) is 66.7 Å². The van der Waals surface area contributed by atoms with E-state index in [-0.39, 0.29) is 41.4 Å². The fourth-order valence-corrected chi connectivity index (χ4v) is 4.97. The molecule has 1 N–H and O–H groups in total. The summed E-state index contributed by atoms with van der Waals surface area (Å²) in [7, 11) is 0. The van der Waals surface area contributed by atoms with Crippen LogP contribution in [0.3, 0.4) is 0 Å². The number of ether oxygens (including phenoxy) is 1. The first-order chi connectivity index (χ1) is 18.6. The third-order valence-electron chi connectivity index (χ3n) is 6.85. The molecule has 0 radical (unpaired) electrons. The maximum atomic E-state index is 13.7. The molecule has 4 rings (SSSR count). The number of nitrogens with zero attached hydrogens (tertiary/aromatic N) is 1. The molecular formula is C28H23Cl2F6NO3. The maximum absolute atomic E-state index is 13.7. The molecule has 3 aromatic carbocycles. The molecule has 1 amide bonds. The number of aliphatic hydroxyl groups is 1. The summed E-state index contributed by atoms with van der Waals surface area (Å²) in [6, 6.07) is 15.4. The van der Waals surface area contributed by atoms with Crippen molar-refractivity contribution < 1.29 is 41.0 Å². The Morgan fingerprint density at radius 2 is 1.62 bits per heavy atom. The summed E-state index contributed by atoms with van der Waals surface area (Å²) in [5, 5.41) is 10.5. The van der Waals surface area contributed by atoms with Crippen LogP contribution in [0, 0.1) is 0 Å². The Morgan fingerprint density at radius 3 is 2.25 bits per heavy atom. The Bertz CT molecular complexity index is 1370. The van der Waals surface area contributed by atoms with Gasteiger partial charge < -0.3 is 14.7 Å². The zero-order valence-electron chi connectivity index (χ0n) is 20.9. The highest BCUT2D eigenvalue weighted by atomic mass is 35.5. The van der Waals surface area contributed by atoms with Gasteiger partial charge in [-0.05, 0) is 49.1 Å². The standard InChI is InChI=1S/C28H23Cl2F6NO3/c1-16(17-5-3-2-4-6-17)25(38)37-15-21(40-24-14-20(29)9-11-22(24)30)10-7-18-13-19(8-12-23(18)37)26(39,27(31,32)33)28(34,35)36/h2-6,8-9,11-14,16,21,39H,7,10,15H2,1H3. The van der Waals surface area contributed by atoms with Gasteiger partial charge >= 0.3 is 12.4 Å². The van der Waals surface area contributed by atoms with Crippen molar-refractivity contribution >= 4 is 34.8 Å². The lowest BCUT2D eigenvalue weighted by Crippen LogP contribution is -2.54. The van der Waals surface area contributed by atoms with Gasteiger partial charge in [0.15, 0.2) is 0 Å². The minimum atomic E-state index is -6.05. The Balaban J connectivity index is 1.78. The van der Waals surface area contributed by atoms with Crippen LogP contribution in [0.25, 0.3) is 0 Å². The van der Waals surface area contributed by atoms with Gasteiger partial charge in [0.25, 0.3) is 5.60 Å². The van der Waals surface area contributed by atoms with Crippen LogP contribution in [0.1, 0.15) is 36.0 Å². The van der Waals surface area contributed by atoms with Crippen LogP contribution in [-0.4, -0.2) is 36.0 Å². The lowest BCUT2D eigenvalue weighted by molar-refractivity contribution is -0.376. The highest BCUT2D eigenvalue weighted by Crippen LogP contribution is 2.51. The van der Waals surface area contributed by atoms with Crippen molar-refractivity contribution in [2.75, 3.05) is 11.4 Å². The summed E-state index contributed by atoms with van der Waals surface area (Å²) in [5.41, 5.74) is -5.70. The molecule has 12 heteroatoms. The number of hydrogen-bond donors (Lipinski definition) is 1. The van der Waals surface area contributed by atoms with Crippen molar-refractivity contribution in [2.24, 2.45) is 0 Å². The summed E-state index contributed by atoms with van der Waals surface area (Å²) in [6.45, 7) is 1.57. The first kappa shape index (κ1) is 30.0. The third-order valence-corrected chi connectivity index (χ3v) is 7.40. The summed E-state index contributed by atoms with van der Waals surface area (Å²) in [6.07, 6.45) is -12.8. The minimum Gasteiger partial charge on any atom is -0.487 e. The molecular weight excluding hydrogens is 583 g/mol. The van der Waals surface area contributed by atoms with Crippen molar-refractivity contribution in [3.05, 3.63) is 93.5 Å². The lowest BCUT2D eigenvalue weighted by atomic mass is 9.89. The Labute approximate surface area is 236 Å². The summed E-state index contributed by atoms with van der Waals surface area (Å²) < 4.78 is 87.6. The molecule has 1 aliphatic rings. The van der Waals surface area contributed by atoms with Crippen LogP contribution < -0.4 is 9.64 Å². The number of amides is 1. The van der Waals surface area contributed by atoms with Gasteiger partial charge in [0.05, 0.1) is 17.5 Å². The monoisotopic (exact) mass is 605 g/mol. The number of benzene rings is 3. The number of rotatable bonds is 5. The average molecular weight is 606 g/mol. The molecule has 0 spiro atoms. The topological polar surface area (TPSA) is 49.8 Å². The first-order valence-electron chi connectivity index (χ1n) is 12.1. The predicted octanol–water partition coefficient (Wildman–Crippen LogP) is 7.84. The molecule has 0 fully saturated rings. The van der Waals surface area contributed by atoms with Gasteiger partial charge in [-0.3, -0.25) is 4.79 Å². The van der Waals surface area contributed by atoms with Crippen LogP contribution >= 0.6 is 23.2 Å². The normalized spacial score (nSPS) is 17.1. The van der Waals surface area contributed by atoms with Crippen molar-refractivity contribution in [3.63, 3.8) is 0 Å². The Morgan fingerprint density at radius 1 is 0.975 bits per heavy atom. The predicted molar refractivity (Wildman–Crippen MR) is 139 cm³/mol. The smallest absolute Gasteiger partial charge is 0.430 e. The SMILES string of the molecule is CC(C(=O)N1CC(Oc2cc(Cl)ccc2Cl)CCc2cc(C(O)(C(F)(F)F)C(F)(F)F)ccc21)c1ccccc1. The highest BCUT2D eigenvalue weighted by Gasteiger charge is 2.71. The van der Waals surface area contributed by atoms with E-state index in [1.165, 1.54) is 17.0 Å². The summed E-state index contributed by atoms with van der Waals surface area (Å²) in [5.74, 6) is -0.947. The van der Waals surface area contributed by atoms with Crippen LogP contribution in [0.4, 0.5) is 32.0 Å². The number of carbonyl (C=O) groups excluding carboxylic acids is 1. The molecule has 4 nitrogen and oxygen atoms in total. The van der Waals surface area contributed by atoms with E-state index < -0.39 is 41.4 Å². The zero-order valence-corrected chi connectivity index (χ0v) is 22.4. The van der Waals surface area contributed by atoms with Crippen LogP contribution in [0.5, 0.6) is 5.75 Å². The lowest BCUT2D eigenvalue weighted by Gasteiger charge is -2.34. The van der Waals surface area contributed by atoms with Crippen molar-refractivity contribution in [3.8, 4) is 5.75 Å². The third kappa shape index (κ3) is 5.75. The highest BCUT2D eigenvalue weighted by molar-refractivity contribution is 6.34. The fourth-order valence-electron chi connectivity index (χ4n) is 4.64. The molecule has 0 aromatic heterocycles. The molecule has 0 bridgehead atoms. The molecule has 2 unspecified atom stereocenters. The largest absolute Gasteiger partial charge is 0.487 e. The second-order valence-electron chi connectivity index (χ2n) is 9.48. The number of aryl methyl sites for hydroxylation is 1. The molecule has 1 heterocycles. The van der Waals surface area contributed by atoms with E-state index in [4.69, 9.17) is 27.9 Å². The number of alkyl halides is 6. The van der Waals surface area contributed by atoms with Crippen LogP contribution in [-0.2, 0) is 16.8 Å². The van der Waals surface area contributed by atoms with E-state index in [0.29, 0.717) is 22.7 Å². The van der Waals surface area contributed by atoms with Gasteiger partial charge in [-0.15, -0.1) is 0 Å². The van der Waals surface area contributed by atoms with Gasteiger partial charge in [-0.2, -0.15) is 26.3 Å². The van der Waals surface area contributed by atoms with E-state index >= 15 is 0 Å². The van der Waals surface area contributed by atoms with E-state index in [1.807, 2.05) is 0 Å². The van der Waals surface area contributed by atoms with Crippen LogP contribution in [0.2, 0.25) is 10.0 Å². The number of carbonyl (C=O) groups is 1. The van der Waals surface area contributed by atoms with Crippen molar-refractivity contribution in [1.29, 1.82) is 0 Å². The molecule has 40 heavy (non-hydrogen) atoms. The van der Waals surface area contributed by atoms with Crippen molar-refractivity contribution in [1.82, 2.24) is 0 Å².